The van der Waals surface area contributed by atoms with Gasteiger partial charge < -0.3 is 20.3 Å². The summed E-state index contributed by atoms with van der Waals surface area (Å²) < 4.78 is 5.49. The molecule has 68 heavy (non-hydrogen) atoms. The van der Waals surface area contributed by atoms with Crippen LogP contribution in [0.15, 0.2) is 36.5 Å². The van der Waals surface area contributed by atoms with E-state index in [1.165, 1.54) is 238 Å². The molecule has 400 valence electrons. The summed E-state index contributed by atoms with van der Waals surface area (Å²) in [4.78, 5) is 24.5. The molecule has 6 nitrogen and oxygen atoms in total. The van der Waals surface area contributed by atoms with Crippen molar-refractivity contribution >= 4 is 11.9 Å². The van der Waals surface area contributed by atoms with E-state index in [1.54, 1.807) is 6.08 Å². The molecule has 0 aromatic rings. The first-order chi connectivity index (χ1) is 33.5. The van der Waals surface area contributed by atoms with E-state index in [-0.39, 0.29) is 18.5 Å². The third-order valence-corrected chi connectivity index (χ3v) is 13.9. The Hall–Kier alpha value is -1.92. The standard InChI is InChI=1S/C62H117NO5/c1-3-5-7-9-11-13-15-17-18-29-32-36-40-44-48-52-56-62(67)68-57-53-49-45-41-37-33-30-27-25-23-21-19-20-22-24-26-28-31-35-39-43-47-51-55-61(66)63-59(58-64)60(65)54-50-46-42-38-34-16-14-12-10-8-6-4-2/h19,21-22,24,50,54,59-60,64-65H,3-18,20,23,25-49,51-53,55-58H2,1-2H3,(H,63,66)/b21-19-,24-22-,54-50+. The van der Waals surface area contributed by atoms with E-state index in [1.807, 2.05) is 6.08 Å². The van der Waals surface area contributed by atoms with Crippen molar-refractivity contribution in [2.75, 3.05) is 13.2 Å². The minimum Gasteiger partial charge on any atom is -0.466 e. The molecule has 0 radical (unpaired) electrons. The number of esters is 1. The molecule has 0 bridgehead atoms. The second-order valence-electron chi connectivity index (χ2n) is 20.7. The number of unbranched alkanes of at least 4 members (excludes halogenated alkanes) is 41. The molecule has 3 N–H and O–H groups in total. The van der Waals surface area contributed by atoms with Gasteiger partial charge in [0.25, 0.3) is 0 Å². The van der Waals surface area contributed by atoms with Gasteiger partial charge in [-0.2, -0.15) is 0 Å². The summed E-state index contributed by atoms with van der Waals surface area (Å²) in [5.41, 5.74) is 0. The van der Waals surface area contributed by atoms with Crippen LogP contribution in [0.3, 0.4) is 0 Å². The lowest BCUT2D eigenvalue weighted by Gasteiger charge is -2.20. The summed E-state index contributed by atoms with van der Waals surface area (Å²) in [6, 6.07) is -0.634. The van der Waals surface area contributed by atoms with Crippen molar-refractivity contribution in [3.8, 4) is 0 Å². The predicted octanol–water partition coefficient (Wildman–Crippen LogP) is 18.8. The lowest BCUT2D eigenvalue weighted by molar-refractivity contribution is -0.143. The monoisotopic (exact) mass is 956 g/mol. The van der Waals surface area contributed by atoms with Gasteiger partial charge in [-0.1, -0.05) is 281 Å². The van der Waals surface area contributed by atoms with E-state index in [0.29, 0.717) is 19.4 Å². The highest BCUT2D eigenvalue weighted by atomic mass is 16.5. The van der Waals surface area contributed by atoms with Gasteiger partial charge in [0.05, 0.1) is 25.4 Å². The predicted molar refractivity (Wildman–Crippen MR) is 296 cm³/mol. The van der Waals surface area contributed by atoms with E-state index in [0.717, 1.165) is 57.8 Å². The molecule has 0 aliphatic rings. The Morgan fingerprint density at radius 2 is 0.735 bits per heavy atom. The molecule has 6 heteroatoms. The second kappa shape index (κ2) is 57.7. The van der Waals surface area contributed by atoms with Crippen LogP contribution in [0.25, 0.3) is 0 Å². The number of hydrogen-bond donors (Lipinski definition) is 3. The van der Waals surface area contributed by atoms with E-state index < -0.39 is 12.1 Å². The lowest BCUT2D eigenvalue weighted by atomic mass is 10.0. The summed E-state index contributed by atoms with van der Waals surface area (Å²) >= 11 is 0. The van der Waals surface area contributed by atoms with Gasteiger partial charge >= 0.3 is 5.97 Å². The Bertz CT molecular complexity index is 1100. The summed E-state index contributed by atoms with van der Waals surface area (Å²) in [7, 11) is 0. The topological polar surface area (TPSA) is 95.9 Å². The first-order valence-electron chi connectivity index (χ1n) is 30.3. The van der Waals surface area contributed by atoms with Crippen LogP contribution in [-0.2, 0) is 14.3 Å². The van der Waals surface area contributed by atoms with Gasteiger partial charge in [0.2, 0.25) is 5.91 Å². The Labute approximate surface area is 424 Å². The first kappa shape index (κ1) is 66.1. The molecule has 0 aliphatic heterocycles. The number of rotatable bonds is 56. The molecule has 0 aliphatic carbocycles. The Balaban J connectivity index is 3.44. The van der Waals surface area contributed by atoms with Crippen LogP contribution in [0, 0.1) is 0 Å². The molecule has 0 heterocycles. The SMILES string of the molecule is CCCCCCCCCCCC/C=C/C(O)C(CO)NC(=O)CCCCCCCCC/C=C\C/C=C\CCCCCCCCCCCOC(=O)CCCCCCCCCCCCCCCCCC. The fourth-order valence-electron chi connectivity index (χ4n) is 9.25. The third-order valence-electron chi connectivity index (χ3n) is 13.9. The molecule has 0 rings (SSSR count). The van der Waals surface area contributed by atoms with Gasteiger partial charge in [-0.15, -0.1) is 0 Å². The highest BCUT2D eigenvalue weighted by Gasteiger charge is 2.18. The maximum absolute atomic E-state index is 12.4. The van der Waals surface area contributed by atoms with Crippen LogP contribution in [-0.4, -0.2) is 47.4 Å². The molecule has 0 fully saturated rings. The minimum atomic E-state index is -0.850. The number of aliphatic hydroxyl groups is 2. The van der Waals surface area contributed by atoms with Gasteiger partial charge in [0.1, 0.15) is 0 Å². The van der Waals surface area contributed by atoms with Crippen LogP contribution in [0.2, 0.25) is 0 Å². The largest absolute Gasteiger partial charge is 0.466 e. The van der Waals surface area contributed by atoms with Crippen molar-refractivity contribution in [1.29, 1.82) is 0 Å². The fourth-order valence-corrected chi connectivity index (χ4v) is 9.25. The van der Waals surface area contributed by atoms with Crippen molar-refractivity contribution < 1.29 is 24.5 Å². The normalized spacial score (nSPS) is 12.8. The van der Waals surface area contributed by atoms with Crippen molar-refractivity contribution in [2.24, 2.45) is 0 Å². The number of ether oxygens (including phenoxy) is 1. The van der Waals surface area contributed by atoms with Gasteiger partial charge in [-0.25, -0.2) is 0 Å². The smallest absolute Gasteiger partial charge is 0.305 e. The average molecular weight is 957 g/mol. The van der Waals surface area contributed by atoms with Gasteiger partial charge in [-0.3, -0.25) is 9.59 Å². The van der Waals surface area contributed by atoms with Crippen LogP contribution < -0.4 is 5.32 Å². The van der Waals surface area contributed by atoms with Crippen LogP contribution in [0.4, 0.5) is 0 Å². The quantitative estimate of drug-likeness (QED) is 0.0321. The molecule has 0 aromatic carbocycles. The zero-order valence-electron chi connectivity index (χ0n) is 45.6. The molecule has 2 unspecified atom stereocenters. The molecule has 0 saturated heterocycles. The third kappa shape index (κ3) is 53.4. The maximum Gasteiger partial charge on any atom is 0.305 e. The molecule has 0 aromatic heterocycles. The van der Waals surface area contributed by atoms with Gasteiger partial charge in [0, 0.05) is 12.8 Å². The zero-order chi connectivity index (χ0) is 49.3. The Morgan fingerprint density at radius 3 is 1.12 bits per heavy atom. The van der Waals surface area contributed by atoms with E-state index >= 15 is 0 Å². The van der Waals surface area contributed by atoms with Gasteiger partial charge in [0.15, 0.2) is 0 Å². The summed E-state index contributed by atoms with van der Waals surface area (Å²) in [5.74, 6) is -0.0691. The minimum absolute atomic E-state index is 0.00980. The highest BCUT2D eigenvalue weighted by Crippen LogP contribution is 2.17. The van der Waals surface area contributed by atoms with Crippen molar-refractivity contribution in [1.82, 2.24) is 5.32 Å². The van der Waals surface area contributed by atoms with E-state index in [2.05, 4.69) is 43.5 Å². The second-order valence-corrected chi connectivity index (χ2v) is 20.7. The van der Waals surface area contributed by atoms with E-state index in [4.69, 9.17) is 4.74 Å². The number of nitrogens with one attached hydrogen (secondary N) is 1. The van der Waals surface area contributed by atoms with Crippen LogP contribution >= 0.6 is 0 Å². The van der Waals surface area contributed by atoms with Crippen LogP contribution in [0.1, 0.15) is 322 Å². The zero-order valence-corrected chi connectivity index (χ0v) is 45.6. The summed E-state index contributed by atoms with van der Waals surface area (Å²) in [5, 5.41) is 23.0. The average Bonchev–Trinajstić information content (AvgIpc) is 3.34. The molecular weight excluding hydrogens is 839 g/mol. The number of hydrogen-bond acceptors (Lipinski definition) is 5. The highest BCUT2D eigenvalue weighted by molar-refractivity contribution is 5.76. The fraction of sp³-hybridized carbons (Fsp3) is 0.871. The lowest BCUT2D eigenvalue weighted by Crippen LogP contribution is -2.45. The van der Waals surface area contributed by atoms with Crippen molar-refractivity contribution in [3.63, 3.8) is 0 Å². The summed E-state index contributed by atoms with van der Waals surface area (Å²) in [6.45, 7) is 4.90. The van der Waals surface area contributed by atoms with Crippen molar-refractivity contribution in [2.45, 2.75) is 334 Å². The molecule has 0 spiro atoms. The molecule has 1 amide bonds. The molecule has 0 saturated carbocycles. The number of carbonyl (C=O) groups excluding carboxylic acids is 2. The number of carbonyl (C=O) groups is 2. The Morgan fingerprint density at radius 1 is 0.412 bits per heavy atom. The van der Waals surface area contributed by atoms with Gasteiger partial charge in [-0.05, 0) is 64.2 Å². The van der Waals surface area contributed by atoms with Crippen molar-refractivity contribution in [3.05, 3.63) is 36.5 Å². The number of allylic oxidation sites excluding steroid dienone is 5. The Kier molecular flexibility index (Phi) is 56.0. The number of amides is 1. The first-order valence-corrected chi connectivity index (χ1v) is 30.3. The summed E-state index contributed by atoms with van der Waals surface area (Å²) in [6.07, 6.45) is 71.8. The van der Waals surface area contributed by atoms with Crippen LogP contribution in [0.5, 0.6) is 0 Å². The molecule has 2 atom stereocenters. The maximum atomic E-state index is 12.4. The molecular formula is C62H117NO5. The van der Waals surface area contributed by atoms with E-state index in [9.17, 15) is 19.8 Å². The number of aliphatic hydroxyl groups excluding tert-OH is 2.